The maximum absolute atomic E-state index is 12.8. The number of hydrogen-bond donors (Lipinski definition) is 3. The predicted molar refractivity (Wildman–Crippen MR) is 120 cm³/mol. The number of amides is 2. The lowest BCUT2D eigenvalue weighted by molar-refractivity contribution is -0.150. The highest BCUT2D eigenvalue weighted by atomic mass is 32.2. The second-order valence-electron chi connectivity index (χ2n) is 6.84. The number of nitrogen functional groups attached to an aromatic ring is 1. The number of carbonyl (C=O) groups excluding carboxylic acids is 4. The second kappa shape index (κ2) is 10.5. The van der Waals surface area contributed by atoms with Gasteiger partial charge in [0.25, 0.3) is 11.8 Å². The smallest absolute Gasteiger partial charge is 0.352 e. The Morgan fingerprint density at radius 3 is 2.68 bits per heavy atom. The second-order valence-corrected chi connectivity index (χ2v) is 8.83. The number of carboxylic acid groups (broad SMARTS) is 1. The van der Waals surface area contributed by atoms with Crippen molar-refractivity contribution in [3.8, 4) is 0 Å². The molecule has 0 radical (unpaired) electrons. The average molecular weight is 510 g/mol. The van der Waals surface area contributed by atoms with E-state index in [2.05, 4.69) is 20.3 Å². The number of nitrogens with one attached hydrogen (secondary N) is 1. The van der Waals surface area contributed by atoms with Crippen molar-refractivity contribution in [3.05, 3.63) is 34.5 Å². The number of carbonyl (C=O) groups is 5. The molecule has 1 aromatic heterocycles. The van der Waals surface area contributed by atoms with E-state index >= 15 is 0 Å². The molecule has 2 amide bonds. The molecule has 13 nitrogen and oxygen atoms in total. The van der Waals surface area contributed by atoms with Crippen molar-refractivity contribution >= 4 is 63.7 Å². The molecule has 0 aromatic carbocycles. The molecule has 0 bridgehead atoms. The van der Waals surface area contributed by atoms with Gasteiger partial charge in [0, 0.05) is 25.0 Å². The molecular formula is C19H19N5O8S2. The number of fused-ring (bicyclic) bond motifs is 1. The van der Waals surface area contributed by atoms with Gasteiger partial charge in [-0.15, -0.1) is 23.1 Å². The maximum Gasteiger partial charge on any atom is 0.352 e. The lowest BCUT2D eigenvalue weighted by atomic mass is 10.0. The first-order valence-electron chi connectivity index (χ1n) is 9.59. The van der Waals surface area contributed by atoms with Crippen LogP contribution in [0.1, 0.15) is 19.5 Å². The zero-order valence-electron chi connectivity index (χ0n) is 17.8. The number of ether oxygens (including phenoxy) is 1. The van der Waals surface area contributed by atoms with Gasteiger partial charge in [-0.1, -0.05) is 11.2 Å². The molecule has 2 atom stereocenters. The van der Waals surface area contributed by atoms with Crippen LogP contribution < -0.4 is 11.1 Å². The molecule has 3 rings (SSSR count). The van der Waals surface area contributed by atoms with E-state index in [1.807, 2.05) is 0 Å². The number of rotatable bonds is 8. The average Bonchev–Trinajstić information content (AvgIpc) is 3.19. The molecule has 0 saturated carbocycles. The summed E-state index contributed by atoms with van der Waals surface area (Å²) >= 11 is 2.28. The summed E-state index contributed by atoms with van der Waals surface area (Å²) in [6, 6.07) is -1.04. The predicted octanol–water partition coefficient (Wildman–Crippen LogP) is -0.150. The molecule has 3 heterocycles. The van der Waals surface area contributed by atoms with Crippen LogP contribution in [0.2, 0.25) is 0 Å². The Balaban J connectivity index is 1.77. The van der Waals surface area contributed by atoms with Crippen molar-refractivity contribution in [2.24, 2.45) is 5.16 Å². The molecule has 180 valence electrons. The van der Waals surface area contributed by atoms with E-state index in [-0.39, 0.29) is 34.6 Å². The van der Waals surface area contributed by atoms with Gasteiger partial charge < -0.3 is 25.7 Å². The Labute approximate surface area is 200 Å². The third-order valence-corrected chi connectivity index (χ3v) is 6.41. The Morgan fingerprint density at radius 2 is 2.09 bits per heavy atom. The highest BCUT2D eigenvalue weighted by molar-refractivity contribution is 8.00. The molecule has 1 fully saturated rings. The van der Waals surface area contributed by atoms with Crippen LogP contribution in [-0.4, -0.2) is 74.2 Å². The number of allylic oxidation sites excluding steroid dienone is 1. The van der Waals surface area contributed by atoms with Crippen LogP contribution in [-0.2, 0) is 33.5 Å². The lowest BCUT2D eigenvalue weighted by Crippen LogP contribution is -2.71. The minimum atomic E-state index is -1.31. The number of carboxylic acids is 1. The number of aliphatic carboxylic acids is 1. The van der Waals surface area contributed by atoms with Crippen molar-refractivity contribution in [3.63, 3.8) is 0 Å². The monoisotopic (exact) mass is 509 g/mol. The quantitative estimate of drug-likeness (QED) is 0.139. The van der Waals surface area contributed by atoms with Gasteiger partial charge >= 0.3 is 17.9 Å². The normalized spacial score (nSPS) is 20.0. The number of nitrogens with zero attached hydrogens (tertiary/aromatic N) is 3. The maximum atomic E-state index is 12.8. The molecule has 34 heavy (non-hydrogen) atoms. The van der Waals surface area contributed by atoms with E-state index in [4.69, 9.17) is 10.5 Å². The number of oxime groups is 1. The van der Waals surface area contributed by atoms with Crippen LogP contribution in [0.3, 0.4) is 0 Å². The summed E-state index contributed by atoms with van der Waals surface area (Å²) in [5, 5.41) is 16.6. The molecule has 1 unspecified atom stereocenters. The summed E-state index contributed by atoms with van der Waals surface area (Å²) in [4.78, 5) is 69.1. The van der Waals surface area contributed by atoms with E-state index in [1.54, 1.807) is 0 Å². The molecule has 0 spiro atoms. The molecule has 4 N–H and O–H groups in total. The third-order valence-electron chi connectivity index (χ3n) is 4.43. The molecule has 1 saturated heterocycles. The first-order chi connectivity index (χ1) is 16.1. The number of esters is 1. The van der Waals surface area contributed by atoms with Crippen molar-refractivity contribution in [1.29, 1.82) is 0 Å². The Bertz CT molecular complexity index is 1140. The summed E-state index contributed by atoms with van der Waals surface area (Å²) in [5.74, 6) is -3.82. The molecule has 1 aromatic rings. The van der Waals surface area contributed by atoms with Crippen molar-refractivity contribution in [2.45, 2.75) is 25.3 Å². The SMILES string of the molecule is CC(=O)OCC=CC1=C(C(=O)O)N2C(=O)C(NC(=O)C(=NOC(C)=O)c3csc(N)n3)[C@@H]2SC1. The van der Waals surface area contributed by atoms with Crippen molar-refractivity contribution in [2.75, 3.05) is 18.1 Å². The van der Waals surface area contributed by atoms with E-state index in [0.717, 1.165) is 23.2 Å². The van der Waals surface area contributed by atoms with Gasteiger partial charge in [-0.25, -0.2) is 14.6 Å². The fourth-order valence-electron chi connectivity index (χ4n) is 3.05. The van der Waals surface area contributed by atoms with E-state index < -0.39 is 41.1 Å². The van der Waals surface area contributed by atoms with Crippen LogP contribution in [0.5, 0.6) is 0 Å². The molecule has 2 aliphatic heterocycles. The zero-order chi connectivity index (χ0) is 25.0. The van der Waals surface area contributed by atoms with Crippen LogP contribution in [0.15, 0.2) is 34.0 Å². The van der Waals surface area contributed by atoms with Gasteiger partial charge in [-0.05, 0) is 11.6 Å². The number of aromatic nitrogens is 1. The Kier molecular flexibility index (Phi) is 7.68. The third kappa shape index (κ3) is 5.43. The van der Waals surface area contributed by atoms with Crippen LogP contribution >= 0.6 is 23.1 Å². The van der Waals surface area contributed by atoms with Crippen LogP contribution in [0.4, 0.5) is 5.13 Å². The number of thiazole rings is 1. The highest BCUT2D eigenvalue weighted by Crippen LogP contribution is 2.40. The largest absolute Gasteiger partial charge is 0.477 e. The molecule has 15 heteroatoms. The topological polar surface area (TPSA) is 191 Å². The standard InChI is InChI=1S/C19H19N5O8S2/c1-8(25)31-5-3-4-10-6-33-17-13(16(28)24(17)14(10)18(29)30)22-15(27)12(23-32-9(2)26)11-7-34-19(20)21-11/h3-4,7,13,17H,5-6H2,1-2H3,(H2,20,21)(H,22,27)(H,29,30)/t13?,17-/m0/s1. The molecule has 2 aliphatic rings. The fraction of sp³-hybridized carbons (Fsp3) is 0.316. The summed E-state index contributed by atoms with van der Waals surface area (Å²) < 4.78 is 4.78. The van der Waals surface area contributed by atoms with E-state index in [9.17, 15) is 29.1 Å². The zero-order valence-corrected chi connectivity index (χ0v) is 19.5. The van der Waals surface area contributed by atoms with Gasteiger partial charge in [0.05, 0.1) is 0 Å². The van der Waals surface area contributed by atoms with Gasteiger partial charge in [-0.3, -0.25) is 19.3 Å². The summed E-state index contributed by atoms with van der Waals surface area (Å²) in [6.07, 6.45) is 2.95. The van der Waals surface area contributed by atoms with Crippen molar-refractivity contribution < 1.29 is 38.7 Å². The number of hydrogen-bond acceptors (Lipinski definition) is 12. The van der Waals surface area contributed by atoms with Gasteiger partial charge in [0.2, 0.25) is 0 Å². The summed E-state index contributed by atoms with van der Waals surface area (Å²) in [6.45, 7) is 2.30. The number of β-lactam (4-membered cyclic amide) rings is 1. The lowest BCUT2D eigenvalue weighted by Gasteiger charge is -2.49. The fourth-order valence-corrected chi connectivity index (χ4v) is 4.91. The Morgan fingerprint density at radius 1 is 1.35 bits per heavy atom. The number of anilines is 1. The van der Waals surface area contributed by atoms with Crippen LogP contribution in [0, 0.1) is 0 Å². The van der Waals surface area contributed by atoms with E-state index in [0.29, 0.717) is 5.57 Å². The summed E-state index contributed by atoms with van der Waals surface area (Å²) in [7, 11) is 0. The minimum absolute atomic E-state index is 0.0436. The van der Waals surface area contributed by atoms with Gasteiger partial charge in [-0.2, -0.15) is 0 Å². The number of thioether (sulfide) groups is 1. The van der Waals surface area contributed by atoms with Crippen molar-refractivity contribution in [1.82, 2.24) is 15.2 Å². The Hall–Kier alpha value is -3.72. The van der Waals surface area contributed by atoms with E-state index in [1.165, 1.54) is 36.2 Å². The molecule has 0 aliphatic carbocycles. The first kappa shape index (κ1) is 24.9. The summed E-state index contributed by atoms with van der Waals surface area (Å²) in [5.41, 5.74) is 5.41. The first-order valence-corrected chi connectivity index (χ1v) is 11.5. The van der Waals surface area contributed by atoms with Gasteiger partial charge in [0.15, 0.2) is 10.8 Å². The van der Waals surface area contributed by atoms with Crippen LogP contribution in [0.25, 0.3) is 0 Å². The van der Waals surface area contributed by atoms with Gasteiger partial charge in [0.1, 0.15) is 29.4 Å². The minimum Gasteiger partial charge on any atom is -0.477 e. The molecular weight excluding hydrogens is 490 g/mol. The number of nitrogens with two attached hydrogens (primary N) is 1. The highest BCUT2D eigenvalue weighted by Gasteiger charge is 2.54.